The normalized spacial score (nSPS) is 12.1. The monoisotopic (exact) mass is 283 g/mol. The summed E-state index contributed by atoms with van der Waals surface area (Å²) < 4.78 is 6.02. The van der Waals surface area contributed by atoms with Crippen molar-refractivity contribution in [3.63, 3.8) is 0 Å². The van der Waals surface area contributed by atoms with Gasteiger partial charge in [-0.05, 0) is 43.0 Å². The summed E-state index contributed by atoms with van der Waals surface area (Å²) in [6, 6.07) is 16.7. The van der Waals surface area contributed by atoms with Crippen LogP contribution >= 0.6 is 0 Å². The van der Waals surface area contributed by atoms with Crippen molar-refractivity contribution in [1.82, 2.24) is 0 Å². The first kappa shape index (κ1) is 15.6. The van der Waals surface area contributed by atoms with E-state index in [1.807, 2.05) is 12.1 Å². The van der Waals surface area contributed by atoms with Gasteiger partial charge >= 0.3 is 0 Å². The van der Waals surface area contributed by atoms with Crippen LogP contribution in [0, 0.1) is 6.92 Å². The van der Waals surface area contributed by atoms with Gasteiger partial charge in [0.05, 0.1) is 0 Å². The maximum absolute atomic E-state index is 6.02. The molecule has 0 saturated carbocycles. The lowest BCUT2D eigenvalue weighted by molar-refractivity contribution is 0.214. The standard InChI is InChI=1S/C19H25NO/c1-3-4-5-16-8-12-18(13-9-16)21-19(14-20)17-10-6-15(2)7-11-17/h6-13,19H,3-5,14,20H2,1-2H3. The lowest BCUT2D eigenvalue weighted by Crippen LogP contribution is -2.18. The van der Waals surface area contributed by atoms with Crippen LogP contribution in [0.1, 0.15) is 42.6 Å². The van der Waals surface area contributed by atoms with E-state index in [0.29, 0.717) is 6.54 Å². The number of ether oxygens (including phenoxy) is 1. The molecule has 0 spiro atoms. The molecule has 0 fully saturated rings. The van der Waals surface area contributed by atoms with Crippen molar-refractivity contribution in [3.8, 4) is 5.75 Å². The zero-order valence-corrected chi connectivity index (χ0v) is 13.0. The zero-order valence-electron chi connectivity index (χ0n) is 13.0. The molecule has 0 aliphatic rings. The predicted octanol–water partition coefficient (Wildman–Crippen LogP) is 4.42. The minimum atomic E-state index is -0.0907. The Kier molecular flexibility index (Phi) is 5.82. The molecule has 2 aromatic rings. The van der Waals surface area contributed by atoms with Crippen molar-refractivity contribution in [2.45, 2.75) is 39.2 Å². The highest BCUT2D eigenvalue weighted by Gasteiger charge is 2.11. The summed E-state index contributed by atoms with van der Waals surface area (Å²) in [5.41, 5.74) is 9.59. The summed E-state index contributed by atoms with van der Waals surface area (Å²) in [6.07, 6.45) is 3.50. The van der Waals surface area contributed by atoms with Crippen molar-refractivity contribution >= 4 is 0 Å². The van der Waals surface area contributed by atoms with E-state index in [1.165, 1.54) is 24.0 Å². The van der Waals surface area contributed by atoms with Crippen molar-refractivity contribution < 1.29 is 4.74 Å². The van der Waals surface area contributed by atoms with Crippen molar-refractivity contribution in [1.29, 1.82) is 0 Å². The minimum Gasteiger partial charge on any atom is -0.484 e. The van der Waals surface area contributed by atoms with Gasteiger partial charge in [0.1, 0.15) is 11.9 Å². The fourth-order valence-electron chi connectivity index (χ4n) is 2.31. The van der Waals surface area contributed by atoms with Crippen LogP contribution in [0.2, 0.25) is 0 Å². The molecule has 1 atom stereocenters. The van der Waals surface area contributed by atoms with Gasteiger partial charge in [-0.1, -0.05) is 55.3 Å². The molecule has 0 aromatic heterocycles. The highest BCUT2D eigenvalue weighted by molar-refractivity contribution is 5.29. The van der Waals surface area contributed by atoms with E-state index in [-0.39, 0.29) is 6.10 Å². The van der Waals surface area contributed by atoms with E-state index in [1.54, 1.807) is 0 Å². The largest absolute Gasteiger partial charge is 0.484 e. The molecule has 2 nitrogen and oxygen atoms in total. The zero-order chi connectivity index (χ0) is 15.1. The molecule has 0 amide bonds. The van der Waals surface area contributed by atoms with E-state index in [4.69, 9.17) is 10.5 Å². The van der Waals surface area contributed by atoms with Crippen LogP contribution in [0.4, 0.5) is 0 Å². The van der Waals surface area contributed by atoms with Crippen molar-refractivity contribution in [3.05, 3.63) is 65.2 Å². The third-order valence-corrected chi connectivity index (χ3v) is 3.68. The molecule has 2 aromatic carbocycles. The van der Waals surface area contributed by atoms with Gasteiger partial charge in [-0.2, -0.15) is 0 Å². The molecule has 112 valence electrons. The second-order valence-corrected chi connectivity index (χ2v) is 5.50. The average Bonchev–Trinajstić information content (AvgIpc) is 2.53. The third kappa shape index (κ3) is 4.61. The summed E-state index contributed by atoms with van der Waals surface area (Å²) in [5, 5.41) is 0. The Hall–Kier alpha value is -1.80. The number of rotatable bonds is 7. The fraction of sp³-hybridized carbons (Fsp3) is 0.368. The second kappa shape index (κ2) is 7.84. The Morgan fingerprint density at radius 1 is 1.00 bits per heavy atom. The molecule has 0 aliphatic heterocycles. The van der Waals surface area contributed by atoms with E-state index >= 15 is 0 Å². The minimum absolute atomic E-state index is 0.0907. The van der Waals surface area contributed by atoms with Crippen LogP contribution < -0.4 is 10.5 Å². The van der Waals surface area contributed by atoms with Crippen LogP contribution in [0.3, 0.4) is 0 Å². The van der Waals surface area contributed by atoms with E-state index < -0.39 is 0 Å². The van der Waals surface area contributed by atoms with E-state index in [0.717, 1.165) is 17.7 Å². The molecule has 2 rings (SSSR count). The van der Waals surface area contributed by atoms with Crippen LogP contribution in [0.15, 0.2) is 48.5 Å². The molecule has 21 heavy (non-hydrogen) atoms. The summed E-state index contributed by atoms with van der Waals surface area (Å²) in [4.78, 5) is 0. The van der Waals surface area contributed by atoms with Gasteiger partial charge < -0.3 is 10.5 Å². The highest BCUT2D eigenvalue weighted by atomic mass is 16.5. The lowest BCUT2D eigenvalue weighted by atomic mass is 10.1. The number of benzene rings is 2. The van der Waals surface area contributed by atoms with E-state index in [2.05, 4.69) is 50.2 Å². The maximum Gasteiger partial charge on any atom is 0.136 e. The first-order valence-electron chi connectivity index (χ1n) is 7.75. The molecule has 0 aliphatic carbocycles. The SMILES string of the molecule is CCCCc1ccc(OC(CN)c2ccc(C)cc2)cc1. The van der Waals surface area contributed by atoms with Crippen LogP contribution in [0.5, 0.6) is 5.75 Å². The Morgan fingerprint density at radius 2 is 1.67 bits per heavy atom. The average molecular weight is 283 g/mol. The van der Waals surface area contributed by atoms with Crippen molar-refractivity contribution in [2.75, 3.05) is 6.54 Å². The first-order chi connectivity index (χ1) is 10.2. The number of hydrogen-bond donors (Lipinski definition) is 1. The molecule has 2 heteroatoms. The van der Waals surface area contributed by atoms with Gasteiger partial charge in [0.25, 0.3) is 0 Å². The molecule has 2 N–H and O–H groups in total. The quantitative estimate of drug-likeness (QED) is 0.816. The molecule has 0 bridgehead atoms. The molecule has 0 radical (unpaired) electrons. The number of unbranched alkanes of at least 4 members (excludes halogenated alkanes) is 1. The van der Waals surface area contributed by atoms with Gasteiger partial charge in [-0.15, -0.1) is 0 Å². The van der Waals surface area contributed by atoms with Gasteiger partial charge in [-0.3, -0.25) is 0 Å². The highest BCUT2D eigenvalue weighted by Crippen LogP contribution is 2.22. The molecular weight excluding hydrogens is 258 g/mol. The van der Waals surface area contributed by atoms with Gasteiger partial charge in [0, 0.05) is 6.54 Å². The van der Waals surface area contributed by atoms with Gasteiger partial charge in [0.15, 0.2) is 0 Å². The number of hydrogen-bond acceptors (Lipinski definition) is 2. The maximum atomic E-state index is 6.02. The van der Waals surface area contributed by atoms with Gasteiger partial charge in [-0.25, -0.2) is 0 Å². The second-order valence-electron chi connectivity index (χ2n) is 5.50. The molecular formula is C19H25NO. The lowest BCUT2D eigenvalue weighted by Gasteiger charge is -2.18. The van der Waals surface area contributed by atoms with Gasteiger partial charge in [0.2, 0.25) is 0 Å². The Balaban J connectivity index is 2.02. The van der Waals surface area contributed by atoms with Crippen LogP contribution in [0.25, 0.3) is 0 Å². The number of nitrogens with two attached hydrogens (primary N) is 1. The van der Waals surface area contributed by atoms with E-state index in [9.17, 15) is 0 Å². The topological polar surface area (TPSA) is 35.2 Å². The number of aryl methyl sites for hydroxylation is 2. The predicted molar refractivity (Wildman–Crippen MR) is 88.7 cm³/mol. The summed E-state index contributed by atoms with van der Waals surface area (Å²) in [6.45, 7) is 4.77. The third-order valence-electron chi connectivity index (χ3n) is 3.68. The summed E-state index contributed by atoms with van der Waals surface area (Å²) >= 11 is 0. The fourth-order valence-corrected chi connectivity index (χ4v) is 2.31. The Labute approximate surface area is 127 Å². The molecule has 0 saturated heterocycles. The molecule has 1 unspecified atom stereocenters. The Bertz CT molecular complexity index is 530. The van der Waals surface area contributed by atoms with Crippen LogP contribution in [-0.4, -0.2) is 6.54 Å². The molecule has 0 heterocycles. The first-order valence-corrected chi connectivity index (χ1v) is 7.75. The summed E-state index contributed by atoms with van der Waals surface area (Å²) in [7, 11) is 0. The smallest absolute Gasteiger partial charge is 0.136 e. The Morgan fingerprint density at radius 3 is 2.24 bits per heavy atom. The summed E-state index contributed by atoms with van der Waals surface area (Å²) in [5.74, 6) is 0.881. The van der Waals surface area contributed by atoms with Crippen LogP contribution in [-0.2, 0) is 6.42 Å². The van der Waals surface area contributed by atoms with Crippen molar-refractivity contribution in [2.24, 2.45) is 5.73 Å².